The maximum atomic E-state index is 12.8. The summed E-state index contributed by atoms with van der Waals surface area (Å²) in [5, 5.41) is 0. The van der Waals surface area contributed by atoms with Crippen LogP contribution in [0.1, 0.15) is 30.9 Å². The van der Waals surface area contributed by atoms with Gasteiger partial charge in [0.2, 0.25) is 0 Å². The Balaban J connectivity index is 1.98. The Hall–Kier alpha value is -1.15. The average Bonchev–Trinajstić information content (AvgIpc) is 3.09. The summed E-state index contributed by atoms with van der Waals surface area (Å²) in [4.78, 5) is 0. The van der Waals surface area contributed by atoms with Gasteiger partial charge in [0.1, 0.15) is 5.82 Å². The third-order valence-electron chi connectivity index (χ3n) is 2.85. The van der Waals surface area contributed by atoms with E-state index in [-0.39, 0.29) is 11.9 Å². The summed E-state index contributed by atoms with van der Waals surface area (Å²) >= 11 is 0. The first-order chi connectivity index (χ1) is 7.79. The Labute approximate surface area is 95.9 Å². The van der Waals surface area contributed by atoms with Crippen LogP contribution in [-0.4, -0.2) is 6.61 Å². The van der Waals surface area contributed by atoms with E-state index in [9.17, 15) is 4.39 Å². The first-order valence-electron chi connectivity index (χ1n) is 5.77. The van der Waals surface area contributed by atoms with Crippen LogP contribution in [0, 0.1) is 11.7 Å². The summed E-state index contributed by atoms with van der Waals surface area (Å²) in [6, 6.07) is 6.53. The van der Waals surface area contributed by atoms with Gasteiger partial charge in [0.25, 0.3) is 0 Å². The Morgan fingerprint density at radius 2 is 2.06 bits per heavy atom. The van der Waals surface area contributed by atoms with E-state index in [0.717, 1.165) is 24.5 Å². The van der Waals surface area contributed by atoms with Crippen molar-refractivity contribution in [3.63, 3.8) is 0 Å². The lowest BCUT2D eigenvalue weighted by Crippen LogP contribution is -2.06. The van der Waals surface area contributed by atoms with Crippen LogP contribution >= 0.6 is 0 Å². The molecule has 2 rings (SSSR count). The van der Waals surface area contributed by atoms with Crippen molar-refractivity contribution < 1.29 is 9.13 Å². The summed E-state index contributed by atoms with van der Waals surface area (Å²) in [6.45, 7) is 4.55. The molecule has 0 aliphatic heterocycles. The zero-order valence-electron chi connectivity index (χ0n) is 9.36. The molecule has 1 atom stereocenters. The SMILES string of the molecule is C=CCC(OCC1CC1)c1ccc(F)cc1. The quantitative estimate of drug-likeness (QED) is 0.661. The highest BCUT2D eigenvalue weighted by molar-refractivity contribution is 5.19. The topological polar surface area (TPSA) is 9.23 Å². The summed E-state index contributed by atoms with van der Waals surface area (Å²) in [6.07, 6.45) is 5.21. The maximum absolute atomic E-state index is 12.8. The van der Waals surface area contributed by atoms with Crippen LogP contribution in [0.3, 0.4) is 0 Å². The van der Waals surface area contributed by atoms with Crippen LogP contribution < -0.4 is 0 Å². The third kappa shape index (κ3) is 3.17. The molecule has 0 heterocycles. The molecule has 1 aliphatic rings. The van der Waals surface area contributed by atoms with E-state index in [0.29, 0.717) is 0 Å². The zero-order valence-corrected chi connectivity index (χ0v) is 9.36. The van der Waals surface area contributed by atoms with Crippen LogP contribution in [0.2, 0.25) is 0 Å². The average molecular weight is 220 g/mol. The molecule has 1 aromatic carbocycles. The molecule has 1 nitrogen and oxygen atoms in total. The molecule has 0 radical (unpaired) electrons. The van der Waals surface area contributed by atoms with Crippen LogP contribution in [-0.2, 0) is 4.74 Å². The fourth-order valence-corrected chi connectivity index (χ4v) is 1.67. The van der Waals surface area contributed by atoms with Gasteiger partial charge in [0, 0.05) is 0 Å². The van der Waals surface area contributed by atoms with Crippen molar-refractivity contribution in [2.45, 2.75) is 25.4 Å². The van der Waals surface area contributed by atoms with Crippen LogP contribution in [0.15, 0.2) is 36.9 Å². The Morgan fingerprint density at radius 3 is 2.62 bits per heavy atom. The lowest BCUT2D eigenvalue weighted by Gasteiger charge is -2.16. The van der Waals surface area contributed by atoms with Gasteiger partial charge in [-0.1, -0.05) is 18.2 Å². The van der Waals surface area contributed by atoms with Crippen LogP contribution in [0.5, 0.6) is 0 Å². The standard InChI is InChI=1S/C14H17FO/c1-2-3-14(16-10-11-4-5-11)12-6-8-13(15)9-7-12/h2,6-9,11,14H,1,3-5,10H2. The molecular formula is C14H17FO. The third-order valence-corrected chi connectivity index (χ3v) is 2.85. The largest absolute Gasteiger partial charge is 0.373 e. The molecule has 1 fully saturated rings. The zero-order chi connectivity index (χ0) is 11.4. The molecule has 0 saturated heterocycles. The van der Waals surface area contributed by atoms with E-state index in [1.165, 1.54) is 25.0 Å². The van der Waals surface area contributed by atoms with Gasteiger partial charge in [-0.25, -0.2) is 4.39 Å². The first-order valence-corrected chi connectivity index (χ1v) is 5.77. The van der Waals surface area contributed by atoms with Crippen molar-refractivity contribution in [1.29, 1.82) is 0 Å². The van der Waals surface area contributed by atoms with Gasteiger partial charge >= 0.3 is 0 Å². The Kier molecular flexibility index (Phi) is 3.73. The van der Waals surface area contributed by atoms with E-state index in [1.807, 2.05) is 6.08 Å². The maximum Gasteiger partial charge on any atom is 0.123 e. The van der Waals surface area contributed by atoms with Crippen LogP contribution in [0.4, 0.5) is 4.39 Å². The molecule has 2 heteroatoms. The Morgan fingerprint density at radius 1 is 1.38 bits per heavy atom. The molecule has 0 bridgehead atoms. The lowest BCUT2D eigenvalue weighted by molar-refractivity contribution is 0.0472. The minimum absolute atomic E-state index is 0.0266. The molecule has 0 aromatic heterocycles. The number of ether oxygens (including phenoxy) is 1. The minimum atomic E-state index is -0.205. The molecule has 86 valence electrons. The van der Waals surface area contributed by atoms with Gasteiger partial charge in [-0.05, 0) is 42.9 Å². The summed E-state index contributed by atoms with van der Waals surface area (Å²) in [7, 11) is 0. The van der Waals surface area contributed by atoms with Crippen molar-refractivity contribution >= 4 is 0 Å². The van der Waals surface area contributed by atoms with Gasteiger partial charge in [-0.15, -0.1) is 6.58 Å². The smallest absolute Gasteiger partial charge is 0.123 e. The van der Waals surface area contributed by atoms with E-state index in [4.69, 9.17) is 4.74 Å². The molecule has 1 aromatic rings. The highest BCUT2D eigenvalue weighted by atomic mass is 19.1. The molecule has 16 heavy (non-hydrogen) atoms. The highest BCUT2D eigenvalue weighted by Crippen LogP contribution is 2.32. The summed E-state index contributed by atoms with van der Waals surface area (Å²) < 4.78 is 18.6. The predicted octanol–water partition coefficient (Wildman–Crippen LogP) is 3.87. The molecule has 1 saturated carbocycles. The normalized spacial score (nSPS) is 17.1. The summed E-state index contributed by atoms with van der Waals surface area (Å²) in [5.74, 6) is 0.538. The summed E-state index contributed by atoms with van der Waals surface area (Å²) in [5.41, 5.74) is 1.03. The second-order valence-electron chi connectivity index (χ2n) is 4.34. The predicted molar refractivity (Wildman–Crippen MR) is 62.6 cm³/mol. The fraction of sp³-hybridized carbons (Fsp3) is 0.429. The number of hydrogen-bond acceptors (Lipinski definition) is 1. The van der Waals surface area contributed by atoms with E-state index >= 15 is 0 Å². The Bertz CT molecular complexity index is 340. The number of benzene rings is 1. The van der Waals surface area contributed by atoms with E-state index in [1.54, 1.807) is 12.1 Å². The number of rotatable bonds is 6. The molecule has 0 N–H and O–H groups in total. The molecule has 0 spiro atoms. The van der Waals surface area contributed by atoms with E-state index in [2.05, 4.69) is 6.58 Å². The van der Waals surface area contributed by atoms with Gasteiger partial charge in [-0.3, -0.25) is 0 Å². The van der Waals surface area contributed by atoms with Crippen molar-refractivity contribution in [3.8, 4) is 0 Å². The van der Waals surface area contributed by atoms with Gasteiger partial charge in [0.15, 0.2) is 0 Å². The highest BCUT2D eigenvalue weighted by Gasteiger charge is 2.23. The molecule has 1 unspecified atom stereocenters. The van der Waals surface area contributed by atoms with E-state index < -0.39 is 0 Å². The lowest BCUT2D eigenvalue weighted by atomic mass is 10.1. The molecule has 0 amide bonds. The van der Waals surface area contributed by atoms with Crippen molar-refractivity contribution in [3.05, 3.63) is 48.3 Å². The van der Waals surface area contributed by atoms with Crippen LogP contribution in [0.25, 0.3) is 0 Å². The monoisotopic (exact) mass is 220 g/mol. The second kappa shape index (κ2) is 5.26. The first kappa shape index (κ1) is 11.3. The molecule has 1 aliphatic carbocycles. The number of halogens is 1. The van der Waals surface area contributed by atoms with Crippen molar-refractivity contribution in [2.75, 3.05) is 6.61 Å². The van der Waals surface area contributed by atoms with Gasteiger partial charge < -0.3 is 4.74 Å². The minimum Gasteiger partial charge on any atom is -0.373 e. The van der Waals surface area contributed by atoms with Gasteiger partial charge in [-0.2, -0.15) is 0 Å². The van der Waals surface area contributed by atoms with Crippen molar-refractivity contribution in [1.82, 2.24) is 0 Å². The van der Waals surface area contributed by atoms with Gasteiger partial charge in [0.05, 0.1) is 12.7 Å². The second-order valence-corrected chi connectivity index (χ2v) is 4.34. The fourth-order valence-electron chi connectivity index (χ4n) is 1.67. The van der Waals surface area contributed by atoms with Crippen molar-refractivity contribution in [2.24, 2.45) is 5.92 Å². The molecular weight excluding hydrogens is 203 g/mol. The number of hydrogen-bond donors (Lipinski definition) is 0.